The molecular weight excluding hydrogens is 540 g/mol. The van der Waals surface area contributed by atoms with Crippen LogP contribution in [-0.2, 0) is 9.53 Å². The van der Waals surface area contributed by atoms with E-state index in [-0.39, 0.29) is 40.8 Å². The van der Waals surface area contributed by atoms with Gasteiger partial charge >= 0.3 is 5.97 Å². The first-order chi connectivity index (χ1) is 20.2. The summed E-state index contributed by atoms with van der Waals surface area (Å²) in [4.78, 5) is 13.4. The predicted octanol–water partition coefficient (Wildman–Crippen LogP) is 6.51. The SMILES string of the molecule is CC1=C[C@@H]2[C@@H]([C@@H]3C(c4ccc(O)cc4)OC(=O)/C=C/C(C)=C/C[C@@H](O)[C@@H](C)[C@H](O)\C=C/C=C/C=C\[C@@H]13)C(C)(C)C[C@@]2(C)O. The zero-order valence-corrected chi connectivity index (χ0v) is 26.2. The summed E-state index contributed by atoms with van der Waals surface area (Å²) < 4.78 is 6.34. The average Bonchev–Trinajstić information content (AvgIpc) is 3.13. The highest BCUT2D eigenvalue weighted by molar-refractivity contribution is 5.82. The lowest BCUT2D eigenvalue weighted by Gasteiger charge is -2.47. The maximum Gasteiger partial charge on any atom is 0.331 e. The third kappa shape index (κ3) is 7.49. The first kappa shape index (κ1) is 32.7. The number of carbonyl (C=O) groups is 1. The molecule has 1 fully saturated rings. The number of benzene rings is 1. The number of hydrogen-bond donors (Lipinski definition) is 4. The Morgan fingerprint density at radius 3 is 2.26 bits per heavy atom. The number of fused-ring (bicyclic) bond motifs is 3. The summed E-state index contributed by atoms with van der Waals surface area (Å²) in [6, 6.07) is 6.83. The van der Waals surface area contributed by atoms with E-state index in [1.807, 2.05) is 38.2 Å². The third-order valence-corrected chi connectivity index (χ3v) is 9.70. The standard InChI is InChI=1S/C37H48O6/c1-23-13-19-31(40)25(3)30(39)12-10-8-7-9-11-28-24(2)21-29-34(36(4,5)22-37(29,6)42)33(28)35(43-32(41)20-14-23)26-15-17-27(38)18-16-26/h7-18,20-21,25,28-31,33-35,38-40,42H,19,22H2,1-6H3/b8-7+,11-9-,12-10-,20-14+,23-13+/t25-,28-,29+,30+,31+,33+,34-,35?,37+/m0/s1. The van der Waals surface area contributed by atoms with E-state index in [9.17, 15) is 25.2 Å². The Hall–Kier alpha value is -3.19. The summed E-state index contributed by atoms with van der Waals surface area (Å²) in [7, 11) is 0. The van der Waals surface area contributed by atoms with E-state index in [2.05, 4.69) is 32.9 Å². The summed E-state index contributed by atoms with van der Waals surface area (Å²) >= 11 is 0. The van der Waals surface area contributed by atoms with Gasteiger partial charge in [0.15, 0.2) is 0 Å². The van der Waals surface area contributed by atoms with Crippen LogP contribution in [-0.4, -0.2) is 44.2 Å². The molecule has 0 aromatic heterocycles. The van der Waals surface area contributed by atoms with Gasteiger partial charge in [-0.1, -0.05) is 98.7 Å². The van der Waals surface area contributed by atoms with Gasteiger partial charge in [0.05, 0.1) is 17.8 Å². The highest BCUT2D eigenvalue weighted by Crippen LogP contribution is 2.62. The van der Waals surface area contributed by atoms with Gasteiger partial charge in [-0.15, -0.1) is 0 Å². The number of esters is 1. The van der Waals surface area contributed by atoms with Crippen LogP contribution in [0.2, 0.25) is 0 Å². The predicted molar refractivity (Wildman–Crippen MR) is 170 cm³/mol. The number of cyclic esters (lactones) is 1. The van der Waals surface area contributed by atoms with Gasteiger partial charge in [-0.05, 0) is 62.6 Å². The van der Waals surface area contributed by atoms with Crippen LogP contribution in [0.4, 0.5) is 0 Å². The van der Waals surface area contributed by atoms with Crippen LogP contribution in [0.5, 0.6) is 5.75 Å². The topological polar surface area (TPSA) is 107 Å². The van der Waals surface area contributed by atoms with Gasteiger partial charge in [0.2, 0.25) is 0 Å². The maximum atomic E-state index is 13.4. The number of phenolic OH excluding ortho intramolecular Hbond substituents is 1. The smallest absolute Gasteiger partial charge is 0.331 e. The van der Waals surface area contributed by atoms with Crippen molar-refractivity contribution in [3.8, 4) is 5.75 Å². The molecule has 1 saturated carbocycles. The number of hydrogen-bond acceptors (Lipinski definition) is 6. The minimum atomic E-state index is -0.910. The van der Waals surface area contributed by atoms with Crippen molar-refractivity contribution in [2.24, 2.45) is 35.0 Å². The maximum absolute atomic E-state index is 13.4. The van der Waals surface area contributed by atoms with Crippen molar-refractivity contribution >= 4 is 5.97 Å². The lowest BCUT2D eigenvalue weighted by molar-refractivity contribution is -0.150. The van der Waals surface area contributed by atoms with Crippen LogP contribution >= 0.6 is 0 Å². The quantitative estimate of drug-likeness (QED) is 0.220. The molecule has 4 N–H and O–H groups in total. The largest absolute Gasteiger partial charge is 0.508 e. The van der Waals surface area contributed by atoms with E-state index in [4.69, 9.17) is 4.74 Å². The Bertz CT molecular complexity index is 1330. The Kier molecular flexibility index (Phi) is 10.1. The number of carbonyl (C=O) groups excluding carboxylic acids is 1. The minimum Gasteiger partial charge on any atom is -0.508 e. The molecule has 0 saturated heterocycles. The normalized spacial score (nSPS) is 41.0. The second-order valence-electron chi connectivity index (χ2n) is 13.6. The van der Waals surface area contributed by atoms with Crippen LogP contribution < -0.4 is 0 Å². The molecule has 0 amide bonds. The fourth-order valence-corrected chi connectivity index (χ4v) is 7.53. The molecule has 6 heteroatoms. The van der Waals surface area contributed by atoms with Crippen molar-refractivity contribution in [2.45, 2.75) is 78.3 Å². The number of aromatic hydroxyl groups is 1. The van der Waals surface area contributed by atoms with Gasteiger partial charge in [-0.2, -0.15) is 0 Å². The zero-order valence-electron chi connectivity index (χ0n) is 26.2. The summed E-state index contributed by atoms with van der Waals surface area (Å²) in [5, 5.41) is 42.8. The van der Waals surface area contributed by atoms with E-state index in [1.54, 1.807) is 49.4 Å². The van der Waals surface area contributed by atoms with Crippen LogP contribution in [0.1, 0.15) is 66.1 Å². The highest BCUT2D eigenvalue weighted by atomic mass is 16.5. The van der Waals surface area contributed by atoms with E-state index in [0.717, 1.165) is 16.7 Å². The molecule has 43 heavy (non-hydrogen) atoms. The van der Waals surface area contributed by atoms with Gasteiger partial charge in [0.1, 0.15) is 11.9 Å². The molecule has 1 aliphatic heterocycles. The van der Waals surface area contributed by atoms with Crippen molar-refractivity contribution in [1.82, 2.24) is 0 Å². The van der Waals surface area contributed by atoms with Crippen molar-refractivity contribution in [1.29, 1.82) is 0 Å². The van der Waals surface area contributed by atoms with Crippen molar-refractivity contribution < 1.29 is 30.0 Å². The third-order valence-electron chi connectivity index (χ3n) is 9.70. The zero-order chi connectivity index (χ0) is 31.5. The van der Waals surface area contributed by atoms with Crippen molar-refractivity contribution in [2.75, 3.05) is 0 Å². The molecule has 0 spiro atoms. The first-order valence-corrected chi connectivity index (χ1v) is 15.3. The molecule has 6 nitrogen and oxygen atoms in total. The van der Waals surface area contributed by atoms with Gasteiger partial charge < -0.3 is 25.2 Å². The van der Waals surface area contributed by atoms with Crippen LogP contribution in [0.15, 0.2) is 96.2 Å². The number of ether oxygens (including phenoxy) is 1. The van der Waals surface area contributed by atoms with Crippen LogP contribution in [0, 0.1) is 35.0 Å². The summed E-state index contributed by atoms with van der Waals surface area (Å²) in [5.74, 6) is -1.15. The van der Waals surface area contributed by atoms with Gasteiger partial charge in [-0.25, -0.2) is 4.79 Å². The Morgan fingerprint density at radius 1 is 0.930 bits per heavy atom. The minimum absolute atomic E-state index is 0.00540. The number of aliphatic hydroxyl groups is 3. The Morgan fingerprint density at radius 2 is 1.58 bits per heavy atom. The lowest BCUT2D eigenvalue weighted by Crippen LogP contribution is -2.44. The molecule has 0 bridgehead atoms. The Labute approximate surface area is 256 Å². The van der Waals surface area contributed by atoms with E-state index >= 15 is 0 Å². The fraction of sp³-hybridized carbons (Fsp3) is 0.486. The molecule has 0 radical (unpaired) electrons. The van der Waals surface area contributed by atoms with E-state index < -0.39 is 29.9 Å². The van der Waals surface area contributed by atoms with Crippen LogP contribution in [0.3, 0.4) is 0 Å². The molecule has 2 aliphatic carbocycles. The average molecular weight is 589 g/mol. The fourth-order valence-electron chi connectivity index (χ4n) is 7.53. The van der Waals surface area contributed by atoms with Gasteiger partial charge in [0, 0.05) is 29.7 Å². The van der Waals surface area contributed by atoms with Crippen LogP contribution in [0.25, 0.3) is 0 Å². The molecule has 1 aromatic carbocycles. The number of phenols is 1. The van der Waals surface area contributed by atoms with Gasteiger partial charge in [0.25, 0.3) is 0 Å². The lowest BCUT2D eigenvalue weighted by atomic mass is 9.59. The molecular formula is C37H48O6. The first-order valence-electron chi connectivity index (χ1n) is 15.3. The van der Waals surface area contributed by atoms with Crippen molar-refractivity contribution in [3.63, 3.8) is 0 Å². The number of rotatable bonds is 1. The molecule has 4 rings (SSSR count). The summed E-state index contributed by atoms with van der Waals surface area (Å²) in [6.07, 6.45) is 17.2. The molecule has 232 valence electrons. The monoisotopic (exact) mass is 588 g/mol. The van der Waals surface area contributed by atoms with E-state index in [1.165, 1.54) is 6.08 Å². The van der Waals surface area contributed by atoms with Crippen molar-refractivity contribution in [3.05, 3.63) is 102 Å². The second-order valence-corrected chi connectivity index (χ2v) is 13.6. The van der Waals surface area contributed by atoms with Gasteiger partial charge in [-0.3, -0.25) is 0 Å². The molecule has 9 atom stereocenters. The molecule has 1 unspecified atom stereocenters. The highest BCUT2D eigenvalue weighted by Gasteiger charge is 2.60. The number of aliphatic hydroxyl groups excluding tert-OH is 2. The molecule has 1 heterocycles. The Balaban J connectivity index is 1.85. The second kappa shape index (κ2) is 13.2. The number of allylic oxidation sites excluding steroid dienone is 8. The molecule has 1 aromatic rings. The summed E-state index contributed by atoms with van der Waals surface area (Å²) in [5.41, 5.74) is 1.51. The summed E-state index contributed by atoms with van der Waals surface area (Å²) in [6.45, 7) is 12.0. The molecule has 3 aliphatic rings. The van der Waals surface area contributed by atoms with E-state index in [0.29, 0.717) is 12.8 Å².